The van der Waals surface area contributed by atoms with Crippen LogP contribution in [0, 0.1) is 5.92 Å². The lowest BCUT2D eigenvalue weighted by Gasteiger charge is -2.39. The Morgan fingerprint density at radius 1 is 1.12 bits per heavy atom. The van der Waals surface area contributed by atoms with E-state index in [9.17, 15) is 4.79 Å². The van der Waals surface area contributed by atoms with E-state index in [0.29, 0.717) is 38.0 Å². The molecule has 2 atom stereocenters. The Balaban J connectivity index is 0.00000306. The zero-order chi connectivity index (χ0) is 22.3. The molecule has 1 amide bonds. The van der Waals surface area contributed by atoms with Gasteiger partial charge in [0.1, 0.15) is 0 Å². The molecule has 0 spiro atoms. The Bertz CT molecular complexity index is 885. The van der Waals surface area contributed by atoms with Crippen LogP contribution in [0.1, 0.15) is 25.8 Å². The summed E-state index contributed by atoms with van der Waals surface area (Å²) in [5.41, 5.74) is 0. The zero-order valence-electron chi connectivity index (χ0n) is 19.4. The first-order chi connectivity index (χ1) is 15.7. The van der Waals surface area contributed by atoms with Crippen LogP contribution < -0.4 is 10.2 Å². The summed E-state index contributed by atoms with van der Waals surface area (Å²) < 4.78 is 2.19. The molecule has 2 aliphatic heterocycles. The summed E-state index contributed by atoms with van der Waals surface area (Å²) in [5.74, 6) is 2.35. The topological polar surface area (TPSA) is 94.8 Å². The molecular formula is C22H34IN9O. The van der Waals surface area contributed by atoms with E-state index in [2.05, 4.69) is 46.6 Å². The Hall–Kier alpha value is -2.44. The van der Waals surface area contributed by atoms with Crippen molar-refractivity contribution in [3.05, 3.63) is 37.2 Å². The van der Waals surface area contributed by atoms with Gasteiger partial charge in [-0.2, -0.15) is 0 Å². The number of carbonyl (C=O) groups is 1. The van der Waals surface area contributed by atoms with E-state index in [-0.39, 0.29) is 29.9 Å². The van der Waals surface area contributed by atoms with Crippen molar-refractivity contribution in [2.45, 2.75) is 25.8 Å². The number of halogens is 1. The first-order valence-electron chi connectivity index (χ1n) is 11.4. The van der Waals surface area contributed by atoms with Crippen molar-refractivity contribution in [2.75, 3.05) is 57.8 Å². The second-order valence-corrected chi connectivity index (χ2v) is 8.43. The minimum Gasteiger partial charge on any atom is -0.356 e. The molecule has 180 valence electrons. The number of guanidine groups is 1. The number of rotatable bonds is 5. The summed E-state index contributed by atoms with van der Waals surface area (Å²) in [6.45, 7) is 7.62. The third-order valence-electron chi connectivity index (χ3n) is 6.43. The number of imidazole rings is 1. The van der Waals surface area contributed by atoms with Crippen LogP contribution in [0.4, 0.5) is 5.95 Å². The van der Waals surface area contributed by atoms with E-state index < -0.39 is 0 Å². The highest BCUT2D eigenvalue weighted by Crippen LogP contribution is 2.27. The zero-order valence-corrected chi connectivity index (χ0v) is 21.7. The van der Waals surface area contributed by atoms with E-state index in [1.54, 1.807) is 19.4 Å². The molecule has 2 aliphatic rings. The molecule has 10 nitrogen and oxygen atoms in total. The number of nitrogens with one attached hydrogen (secondary N) is 1. The van der Waals surface area contributed by atoms with Crippen molar-refractivity contribution < 1.29 is 4.79 Å². The molecule has 0 bridgehead atoms. The number of anilines is 1. The number of amides is 1. The Morgan fingerprint density at radius 2 is 1.88 bits per heavy atom. The van der Waals surface area contributed by atoms with E-state index in [0.717, 1.165) is 44.5 Å². The number of piperidine rings is 1. The highest BCUT2D eigenvalue weighted by Gasteiger charge is 2.29. The van der Waals surface area contributed by atoms with E-state index in [1.165, 1.54) is 0 Å². The number of piperazine rings is 1. The van der Waals surface area contributed by atoms with Gasteiger partial charge >= 0.3 is 0 Å². The molecular weight excluding hydrogens is 533 g/mol. The number of hydrogen-bond donors (Lipinski definition) is 1. The first-order valence-corrected chi connectivity index (χ1v) is 11.4. The van der Waals surface area contributed by atoms with Crippen LogP contribution in [0.3, 0.4) is 0 Å². The van der Waals surface area contributed by atoms with Crippen molar-refractivity contribution in [1.82, 2.24) is 34.6 Å². The van der Waals surface area contributed by atoms with Gasteiger partial charge in [0.2, 0.25) is 11.9 Å². The third-order valence-corrected chi connectivity index (χ3v) is 6.43. The van der Waals surface area contributed by atoms with E-state index in [4.69, 9.17) is 0 Å². The molecule has 4 rings (SSSR count). The van der Waals surface area contributed by atoms with Crippen molar-refractivity contribution in [3.63, 3.8) is 0 Å². The number of likely N-dealkylation sites (tertiary alicyclic amines) is 1. The van der Waals surface area contributed by atoms with Crippen LogP contribution in [-0.4, -0.2) is 94.0 Å². The van der Waals surface area contributed by atoms with E-state index in [1.807, 2.05) is 29.7 Å². The minimum absolute atomic E-state index is 0. The average molecular weight is 567 g/mol. The molecule has 0 aromatic carbocycles. The van der Waals surface area contributed by atoms with Crippen molar-refractivity contribution in [2.24, 2.45) is 10.9 Å². The molecule has 2 aromatic heterocycles. The van der Waals surface area contributed by atoms with Crippen molar-refractivity contribution in [1.29, 1.82) is 0 Å². The monoisotopic (exact) mass is 567 g/mol. The Labute approximate surface area is 212 Å². The molecule has 2 fully saturated rings. The van der Waals surface area contributed by atoms with Gasteiger partial charge in [0.15, 0.2) is 5.96 Å². The van der Waals surface area contributed by atoms with Gasteiger partial charge in [-0.3, -0.25) is 9.79 Å². The van der Waals surface area contributed by atoms with Crippen LogP contribution in [-0.2, 0) is 4.79 Å². The molecule has 0 radical (unpaired) electrons. The van der Waals surface area contributed by atoms with Gasteiger partial charge in [0, 0.05) is 84.1 Å². The van der Waals surface area contributed by atoms with Gasteiger partial charge < -0.3 is 24.6 Å². The quantitative estimate of drug-likeness (QED) is 0.333. The molecule has 0 aliphatic carbocycles. The summed E-state index contributed by atoms with van der Waals surface area (Å²) in [4.78, 5) is 36.3. The van der Waals surface area contributed by atoms with Crippen LogP contribution in [0.15, 0.2) is 42.2 Å². The maximum atomic E-state index is 12.7. The molecule has 1 N–H and O–H groups in total. The summed E-state index contributed by atoms with van der Waals surface area (Å²) in [6.07, 6.45) is 10.8. The molecule has 2 aromatic rings. The lowest BCUT2D eigenvalue weighted by atomic mass is 9.93. The second kappa shape index (κ2) is 12.1. The molecule has 2 unspecified atom stereocenters. The number of nitrogens with zero attached hydrogens (tertiary/aromatic N) is 8. The smallest absolute Gasteiger partial charge is 0.225 e. The second-order valence-electron chi connectivity index (χ2n) is 8.43. The molecule has 11 heteroatoms. The van der Waals surface area contributed by atoms with Gasteiger partial charge in [0.25, 0.3) is 0 Å². The number of hydrogen-bond acceptors (Lipinski definition) is 6. The third kappa shape index (κ3) is 6.33. The first kappa shape index (κ1) is 25.2. The van der Waals surface area contributed by atoms with Gasteiger partial charge in [-0.1, -0.05) is 6.92 Å². The van der Waals surface area contributed by atoms with Gasteiger partial charge in [-0.05, 0) is 18.4 Å². The number of carbonyl (C=O) groups excluding carboxylic acids is 1. The van der Waals surface area contributed by atoms with Crippen molar-refractivity contribution in [3.8, 4) is 0 Å². The maximum absolute atomic E-state index is 12.7. The summed E-state index contributed by atoms with van der Waals surface area (Å²) >= 11 is 0. The Morgan fingerprint density at radius 3 is 2.55 bits per heavy atom. The largest absolute Gasteiger partial charge is 0.356 e. The van der Waals surface area contributed by atoms with Gasteiger partial charge in [0.05, 0.1) is 12.4 Å². The molecule has 0 saturated carbocycles. The highest BCUT2D eigenvalue weighted by atomic mass is 127. The van der Waals surface area contributed by atoms with Gasteiger partial charge in [-0.25, -0.2) is 15.0 Å². The molecule has 2 saturated heterocycles. The number of aromatic nitrogens is 4. The lowest BCUT2D eigenvalue weighted by Crippen LogP contribution is -2.51. The van der Waals surface area contributed by atoms with E-state index >= 15 is 0 Å². The normalized spacial score (nSPS) is 21.5. The fourth-order valence-corrected chi connectivity index (χ4v) is 4.48. The van der Waals surface area contributed by atoms with Crippen LogP contribution in [0.25, 0.3) is 0 Å². The summed E-state index contributed by atoms with van der Waals surface area (Å²) in [5, 5.41) is 3.40. The summed E-state index contributed by atoms with van der Waals surface area (Å²) in [7, 11) is 1.80. The maximum Gasteiger partial charge on any atom is 0.225 e. The Kier molecular flexibility index (Phi) is 9.27. The average Bonchev–Trinajstić information content (AvgIpc) is 3.38. The highest BCUT2D eigenvalue weighted by molar-refractivity contribution is 14.0. The lowest BCUT2D eigenvalue weighted by molar-refractivity contribution is -0.131. The minimum atomic E-state index is 0. The molecule has 4 heterocycles. The SMILES string of the molecule is CN=C(NCCC(=O)N1CCN(c2ncccn2)CC1)N1CCC(C)C(n2ccnc2)C1.I. The number of aliphatic imine (C=N–C) groups is 1. The molecule has 33 heavy (non-hydrogen) atoms. The van der Waals surface area contributed by atoms with Crippen molar-refractivity contribution >= 4 is 41.8 Å². The predicted molar refractivity (Wildman–Crippen MR) is 139 cm³/mol. The fourth-order valence-electron chi connectivity index (χ4n) is 4.48. The summed E-state index contributed by atoms with van der Waals surface area (Å²) in [6, 6.07) is 2.18. The standard InChI is InChI=1S/C22H33N9O.HI/c1-18-5-10-30(16-19(18)31-11-9-24-17-31)21(23-2)27-8-4-20(32)28-12-14-29(15-13-28)22-25-6-3-7-26-22;/h3,6-7,9,11,17-19H,4-5,8,10,12-16H2,1-2H3,(H,23,27);1H. The van der Waals surface area contributed by atoms with Crippen LogP contribution in [0.5, 0.6) is 0 Å². The van der Waals surface area contributed by atoms with Crippen LogP contribution >= 0.6 is 24.0 Å². The van der Waals surface area contributed by atoms with Gasteiger partial charge in [-0.15, -0.1) is 24.0 Å². The predicted octanol–water partition coefficient (Wildman–Crippen LogP) is 1.49. The fraction of sp³-hybridized carbons (Fsp3) is 0.591. The van der Waals surface area contributed by atoms with Crippen LogP contribution in [0.2, 0.25) is 0 Å².